The van der Waals surface area contributed by atoms with E-state index in [9.17, 15) is 13.2 Å². The van der Waals surface area contributed by atoms with Crippen LogP contribution < -0.4 is 10.0 Å². The molecule has 0 unspecified atom stereocenters. The Morgan fingerprint density at radius 1 is 1.17 bits per heavy atom. The molecule has 1 heterocycles. The summed E-state index contributed by atoms with van der Waals surface area (Å²) in [6.07, 6.45) is 4.17. The number of aromatic nitrogens is 1. The number of anilines is 1. The normalized spacial score (nSPS) is 14.0. The van der Waals surface area contributed by atoms with Crippen LogP contribution in [0.3, 0.4) is 0 Å². The van der Waals surface area contributed by atoms with Crippen LogP contribution in [-0.4, -0.2) is 25.4 Å². The minimum atomic E-state index is -3.61. The maximum atomic E-state index is 12.6. The van der Waals surface area contributed by atoms with Crippen LogP contribution in [0.1, 0.15) is 33.6 Å². The second kappa shape index (κ2) is 8.35. The number of rotatable bonds is 7. The fraction of sp³-hybridized carbons (Fsp3) is 0.200. The first-order chi connectivity index (χ1) is 13.9. The number of nitrogens with zero attached hydrogens (tertiary/aromatic N) is 1. The van der Waals surface area contributed by atoms with Gasteiger partial charge in [-0.3, -0.25) is 10.1 Å². The van der Waals surface area contributed by atoms with Gasteiger partial charge in [-0.2, -0.15) is 0 Å². The summed E-state index contributed by atoms with van der Waals surface area (Å²) in [5.41, 5.74) is 1.42. The Kier molecular flexibility index (Phi) is 5.82. The molecule has 1 fully saturated rings. The van der Waals surface area contributed by atoms with Gasteiger partial charge in [0.15, 0.2) is 5.13 Å². The Balaban J connectivity index is 1.43. The van der Waals surface area contributed by atoms with Crippen LogP contribution >= 0.6 is 27.3 Å². The molecule has 4 rings (SSSR count). The first-order valence-corrected chi connectivity index (χ1v) is 12.1. The molecule has 2 N–H and O–H groups in total. The van der Waals surface area contributed by atoms with E-state index in [1.807, 2.05) is 24.3 Å². The Bertz CT molecular complexity index is 1140. The second-order valence-electron chi connectivity index (χ2n) is 6.81. The van der Waals surface area contributed by atoms with Crippen molar-refractivity contribution in [2.75, 3.05) is 5.32 Å². The lowest BCUT2D eigenvalue weighted by Gasteiger charge is -2.07. The van der Waals surface area contributed by atoms with Crippen molar-refractivity contribution in [3.8, 4) is 0 Å². The van der Waals surface area contributed by atoms with Crippen LogP contribution in [0.5, 0.6) is 0 Å². The van der Waals surface area contributed by atoms with Crippen molar-refractivity contribution in [2.45, 2.75) is 30.2 Å². The lowest BCUT2D eigenvalue weighted by molar-refractivity contribution is 0.102. The van der Waals surface area contributed by atoms with Crippen molar-refractivity contribution in [1.29, 1.82) is 0 Å². The SMILES string of the molecule is O=C(Nc1ncc(Cc2ccc(Br)cc2)s1)c1cccc(S(=O)(=O)NC2CC2)c1. The van der Waals surface area contributed by atoms with E-state index < -0.39 is 15.9 Å². The molecule has 1 saturated carbocycles. The molecule has 0 aliphatic heterocycles. The van der Waals surface area contributed by atoms with Crippen LogP contribution in [0, 0.1) is 0 Å². The zero-order valence-electron chi connectivity index (χ0n) is 15.3. The number of sulfonamides is 1. The lowest BCUT2D eigenvalue weighted by Crippen LogP contribution is -2.26. The Morgan fingerprint density at radius 3 is 2.66 bits per heavy atom. The summed E-state index contributed by atoms with van der Waals surface area (Å²) in [7, 11) is -3.61. The van der Waals surface area contributed by atoms with Gasteiger partial charge in [-0.15, -0.1) is 11.3 Å². The Hall–Kier alpha value is -2.07. The van der Waals surface area contributed by atoms with Gasteiger partial charge in [-0.1, -0.05) is 34.1 Å². The third-order valence-electron chi connectivity index (χ3n) is 4.37. The van der Waals surface area contributed by atoms with Crippen molar-refractivity contribution >= 4 is 48.3 Å². The van der Waals surface area contributed by atoms with E-state index in [0.29, 0.717) is 5.13 Å². The summed E-state index contributed by atoms with van der Waals surface area (Å²) < 4.78 is 28.4. The van der Waals surface area contributed by atoms with E-state index >= 15 is 0 Å². The topological polar surface area (TPSA) is 88.2 Å². The van der Waals surface area contributed by atoms with E-state index in [-0.39, 0.29) is 16.5 Å². The molecule has 29 heavy (non-hydrogen) atoms. The number of carbonyl (C=O) groups excluding carboxylic acids is 1. The molecule has 6 nitrogen and oxygen atoms in total. The molecule has 9 heteroatoms. The number of nitrogens with one attached hydrogen (secondary N) is 2. The van der Waals surface area contributed by atoms with Crippen molar-refractivity contribution in [1.82, 2.24) is 9.71 Å². The zero-order chi connectivity index (χ0) is 20.4. The van der Waals surface area contributed by atoms with Gasteiger partial charge in [0.2, 0.25) is 10.0 Å². The highest BCUT2D eigenvalue weighted by Crippen LogP contribution is 2.24. The molecule has 150 valence electrons. The molecule has 1 aliphatic rings. The summed E-state index contributed by atoms with van der Waals surface area (Å²) in [5.74, 6) is -0.391. The predicted molar refractivity (Wildman–Crippen MR) is 117 cm³/mol. The summed E-state index contributed by atoms with van der Waals surface area (Å²) in [6.45, 7) is 0. The summed E-state index contributed by atoms with van der Waals surface area (Å²) in [5, 5.41) is 3.23. The van der Waals surface area contributed by atoms with E-state index in [2.05, 4.69) is 31.0 Å². The zero-order valence-corrected chi connectivity index (χ0v) is 18.5. The Labute approximate surface area is 181 Å². The van der Waals surface area contributed by atoms with Gasteiger partial charge < -0.3 is 0 Å². The number of thiazole rings is 1. The standard InChI is InChI=1S/C20H18BrN3O3S2/c21-15-6-4-13(5-7-15)10-17-12-22-20(28-17)23-19(25)14-2-1-3-18(11-14)29(26,27)24-16-8-9-16/h1-7,11-12,16,24H,8-10H2,(H,22,23,25). The van der Waals surface area contributed by atoms with E-state index in [1.165, 1.54) is 23.5 Å². The Morgan fingerprint density at radius 2 is 1.93 bits per heavy atom. The van der Waals surface area contributed by atoms with Gasteiger partial charge in [-0.25, -0.2) is 18.1 Å². The molecule has 1 amide bonds. The van der Waals surface area contributed by atoms with Crippen LogP contribution in [0.2, 0.25) is 0 Å². The van der Waals surface area contributed by atoms with Crippen LogP contribution in [-0.2, 0) is 16.4 Å². The largest absolute Gasteiger partial charge is 0.298 e. The minimum Gasteiger partial charge on any atom is -0.298 e. The number of hydrogen-bond acceptors (Lipinski definition) is 5. The summed E-state index contributed by atoms with van der Waals surface area (Å²) in [6, 6.07) is 14.1. The van der Waals surface area contributed by atoms with E-state index in [4.69, 9.17) is 0 Å². The molecular weight excluding hydrogens is 474 g/mol. The average Bonchev–Trinajstić information content (AvgIpc) is 3.40. The molecule has 3 aromatic rings. The monoisotopic (exact) mass is 491 g/mol. The third-order valence-corrected chi connectivity index (χ3v) is 7.33. The maximum absolute atomic E-state index is 12.6. The van der Waals surface area contributed by atoms with E-state index in [1.54, 1.807) is 18.3 Å². The smallest absolute Gasteiger partial charge is 0.257 e. The number of benzene rings is 2. The van der Waals surface area contributed by atoms with E-state index in [0.717, 1.165) is 34.2 Å². The molecule has 2 aromatic carbocycles. The highest BCUT2D eigenvalue weighted by atomic mass is 79.9. The van der Waals surface area contributed by atoms with Crippen molar-refractivity contribution < 1.29 is 13.2 Å². The van der Waals surface area contributed by atoms with Crippen LogP contribution in [0.15, 0.2) is 64.1 Å². The van der Waals surface area contributed by atoms with Crippen LogP contribution in [0.25, 0.3) is 0 Å². The quantitative estimate of drug-likeness (QED) is 0.518. The van der Waals surface area contributed by atoms with Gasteiger partial charge in [0.1, 0.15) is 0 Å². The maximum Gasteiger partial charge on any atom is 0.257 e. The van der Waals surface area contributed by atoms with Crippen LogP contribution in [0.4, 0.5) is 5.13 Å². The third kappa shape index (κ3) is 5.30. The molecule has 1 aliphatic carbocycles. The first kappa shape index (κ1) is 20.2. The number of amides is 1. The molecular formula is C20H18BrN3O3S2. The predicted octanol–water partition coefficient (Wildman–Crippen LogP) is 4.19. The first-order valence-electron chi connectivity index (χ1n) is 9.02. The summed E-state index contributed by atoms with van der Waals surface area (Å²) in [4.78, 5) is 17.9. The molecule has 0 spiro atoms. The molecule has 0 atom stereocenters. The van der Waals surface area contributed by atoms with Crippen molar-refractivity contribution in [3.63, 3.8) is 0 Å². The fourth-order valence-corrected chi connectivity index (χ4v) is 5.17. The van der Waals surface area contributed by atoms with Crippen molar-refractivity contribution in [2.24, 2.45) is 0 Å². The van der Waals surface area contributed by atoms with Gasteiger partial charge in [-0.05, 0) is 48.7 Å². The van der Waals surface area contributed by atoms with Gasteiger partial charge in [0, 0.05) is 33.6 Å². The average molecular weight is 492 g/mol. The highest BCUT2D eigenvalue weighted by Gasteiger charge is 2.28. The minimum absolute atomic E-state index is 0.0111. The molecule has 1 aromatic heterocycles. The fourth-order valence-electron chi connectivity index (χ4n) is 2.71. The number of carbonyl (C=O) groups is 1. The van der Waals surface area contributed by atoms with Crippen molar-refractivity contribution in [3.05, 3.63) is 75.2 Å². The van der Waals surface area contributed by atoms with Gasteiger partial charge in [0.25, 0.3) is 5.91 Å². The lowest BCUT2D eigenvalue weighted by atomic mass is 10.1. The highest BCUT2D eigenvalue weighted by molar-refractivity contribution is 9.10. The molecule has 0 saturated heterocycles. The van der Waals surface area contributed by atoms with Gasteiger partial charge in [0.05, 0.1) is 4.90 Å². The summed E-state index contributed by atoms with van der Waals surface area (Å²) >= 11 is 4.81. The molecule has 0 bridgehead atoms. The van der Waals surface area contributed by atoms with Gasteiger partial charge >= 0.3 is 0 Å². The second-order valence-corrected chi connectivity index (χ2v) is 10.6. The number of hydrogen-bond donors (Lipinski definition) is 2. The number of halogens is 1. The molecule has 0 radical (unpaired) electrons.